The van der Waals surface area contributed by atoms with E-state index < -0.39 is 6.04 Å². The number of benzene rings is 2. The van der Waals surface area contributed by atoms with Crippen molar-refractivity contribution < 1.29 is 9.59 Å². The molecule has 0 saturated heterocycles. The van der Waals surface area contributed by atoms with Crippen LogP contribution in [0.15, 0.2) is 65.9 Å². The number of anilines is 2. The molecule has 1 heterocycles. The van der Waals surface area contributed by atoms with Crippen LogP contribution in [0.1, 0.15) is 37.8 Å². The fourth-order valence-electron chi connectivity index (χ4n) is 3.83. The molecule has 0 saturated carbocycles. The second kappa shape index (κ2) is 6.20. The Bertz CT molecular complexity index is 870. The maximum atomic E-state index is 12.8. The number of hydrogen-bond donors (Lipinski definition) is 1. The van der Waals surface area contributed by atoms with Crippen molar-refractivity contribution in [3.8, 4) is 0 Å². The molecule has 1 aliphatic carbocycles. The number of hydrogen-bond acceptors (Lipinski definition) is 3. The molecule has 4 heteroatoms. The topological polar surface area (TPSA) is 49.4 Å². The maximum absolute atomic E-state index is 12.8. The number of fused-ring (bicyclic) bond motifs is 1. The SMILES string of the molecule is CC(=O)N1c2ccccc2NC2=C(C(=O)CCC2)[C@H]1c1ccccc1. The molecular weight excluding hydrogens is 312 g/mol. The summed E-state index contributed by atoms with van der Waals surface area (Å²) in [7, 11) is 0. The van der Waals surface area contributed by atoms with Gasteiger partial charge < -0.3 is 5.32 Å². The zero-order valence-corrected chi connectivity index (χ0v) is 14.2. The first-order chi connectivity index (χ1) is 12.2. The van der Waals surface area contributed by atoms with E-state index in [0.29, 0.717) is 6.42 Å². The molecule has 25 heavy (non-hydrogen) atoms. The molecule has 2 aromatic carbocycles. The number of carbonyl (C=O) groups excluding carboxylic acids is 2. The van der Waals surface area contributed by atoms with Crippen molar-refractivity contribution in [3.63, 3.8) is 0 Å². The fraction of sp³-hybridized carbons (Fsp3) is 0.238. The minimum absolute atomic E-state index is 0.0739. The molecule has 126 valence electrons. The van der Waals surface area contributed by atoms with Crippen LogP contribution in [0.5, 0.6) is 0 Å². The largest absolute Gasteiger partial charge is 0.357 e. The third-order valence-corrected chi connectivity index (χ3v) is 4.89. The van der Waals surface area contributed by atoms with Crippen molar-refractivity contribution in [2.24, 2.45) is 0 Å². The molecule has 1 amide bonds. The number of rotatable bonds is 1. The summed E-state index contributed by atoms with van der Waals surface area (Å²) < 4.78 is 0. The zero-order chi connectivity index (χ0) is 17.4. The molecule has 0 fully saturated rings. The molecule has 0 bridgehead atoms. The van der Waals surface area contributed by atoms with Crippen LogP contribution in [0.3, 0.4) is 0 Å². The Balaban J connectivity index is 2.00. The minimum atomic E-state index is -0.391. The molecule has 2 aliphatic rings. The highest BCUT2D eigenvalue weighted by Crippen LogP contribution is 2.44. The summed E-state index contributed by atoms with van der Waals surface area (Å²) in [5.41, 5.74) is 4.31. The first-order valence-corrected chi connectivity index (χ1v) is 8.64. The average Bonchev–Trinajstić information content (AvgIpc) is 2.77. The highest BCUT2D eigenvalue weighted by Gasteiger charge is 2.38. The summed E-state index contributed by atoms with van der Waals surface area (Å²) in [6.45, 7) is 1.56. The summed E-state index contributed by atoms with van der Waals surface area (Å²) in [6.07, 6.45) is 2.20. The van der Waals surface area contributed by atoms with E-state index in [4.69, 9.17) is 0 Å². The second-order valence-electron chi connectivity index (χ2n) is 6.51. The van der Waals surface area contributed by atoms with Crippen molar-refractivity contribution in [1.82, 2.24) is 0 Å². The van der Waals surface area contributed by atoms with Crippen LogP contribution in [-0.2, 0) is 9.59 Å². The standard InChI is InChI=1S/C21H20N2O2/c1-14(24)23-18-12-6-5-10-16(18)22-17-11-7-13-19(25)20(17)21(23)15-8-3-2-4-9-15/h2-6,8-10,12,21-22H,7,11,13H2,1H3/t21-/m1/s1. The molecule has 1 atom stereocenters. The van der Waals surface area contributed by atoms with Crippen molar-refractivity contribution in [1.29, 1.82) is 0 Å². The lowest BCUT2D eigenvalue weighted by molar-refractivity contribution is -0.117. The van der Waals surface area contributed by atoms with Crippen molar-refractivity contribution in [3.05, 3.63) is 71.4 Å². The third kappa shape index (κ3) is 2.64. The predicted octanol–water partition coefficient (Wildman–Crippen LogP) is 4.21. The number of Topliss-reactive ketones (excluding diaryl/α,β-unsaturated/α-hetero) is 1. The van der Waals surface area contributed by atoms with Gasteiger partial charge in [-0.15, -0.1) is 0 Å². The predicted molar refractivity (Wildman–Crippen MR) is 98.3 cm³/mol. The smallest absolute Gasteiger partial charge is 0.224 e. The molecule has 0 aromatic heterocycles. The van der Waals surface area contributed by atoms with Gasteiger partial charge in [0.1, 0.15) is 0 Å². The van der Waals surface area contributed by atoms with E-state index in [-0.39, 0.29) is 11.7 Å². The maximum Gasteiger partial charge on any atom is 0.224 e. The lowest BCUT2D eigenvalue weighted by Crippen LogP contribution is -2.36. The van der Waals surface area contributed by atoms with Gasteiger partial charge in [0.05, 0.1) is 17.4 Å². The summed E-state index contributed by atoms with van der Waals surface area (Å²) in [4.78, 5) is 27.2. The summed E-state index contributed by atoms with van der Waals surface area (Å²) in [5, 5.41) is 3.44. The normalized spacial score (nSPS) is 19.6. The van der Waals surface area contributed by atoms with Gasteiger partial charge in [-0.1, -0.05) is 42.5 Å². The molecule has 4 rings (SSSR count). The van der Waals surface area contributed by atoms with Crippen LogP contribution in [-0.4, -0.2) is 11.7 Å². The van der Waals surface area contributed by atoms with E-state index in [9.17, 15) is 9.59 Å². The Labute approximate surface area is 147 Å². The monoisotopic (exact) mass is 332 g/mol. The van der Waals surface area contributed by atoms with E-state index in [0.717, 1.165) is 41.1 Å². The number of ketones is 1. The summed E-state index contributed by atoms with van der Waals surface area (Å²) in [6, 6.07) is 17.2. The summed E-state index contributed by atoms with van der Waals surface area (Å²) >= 11 is 0. The zero-order valence-electron chi connectivity index (χ0n) is 14.2. The van der Waals surface area contributed by atoms with Crippen LogP contribution < -0.4 is 10.2 Å². The van der Waals surface area contributed by atoms with E-state index >= 15 is 0 Å². The number of nitrogens with one attached hydrogen (secondary N) is 1. The molecule has 4 nitrogen and oxygen atoms in total. The van der Waals surface area contributed by atoms with Crippen LogP contribution >= 0.6 is 0 Å². The number of para-hydroxylation sites is 2. The van der Waals surface area contributed by atoms with E-state index in [1.165, 1.54) is 0 Å². The van der Waals surface area contributed by atoms with E-state index in [2.05, 4.69) is 5.32 Å². The lowest BCUT2D eigenvalue weighted by atomic mass is 9.86. The Morgan fingerprint density at radius 1 is 1.04 bits per heavy atom. The van der Waals surface area contributed by atoms with Crippen molar-refractivity contribution in [2.75, 3.05) is 10.2 Å². The first kappa shape index (κ1) is 15.6. The van der Waals surface area contributed by atoms with Crippen LogP contribution in [0.25, 0.3) is 0 Å². The Kier molecular flexibility index (Phi) is 3.88. The van der Waals surface area contributed by atoms with E-state index in [1.54, 1.807) is 11.8 Å². The van der Waals surface area contributed by atoms with Gasteiger partial charge in [-0.05, 0) is 30.5 Å². The van der Waals surface area contributed by atoms with E-state index in [1.807, 2.05) is 54.6 Å². The van der Waals surface area contributed by atoms with Crippen LogP contribution in [0.4, 0.5) is 11.4 Å². The van der Waals surface area contributed by atoms with Gasteiger partial charge in [0, 0.05) is 24.6 Å². The van der Waals surface area contributed by atoms with Crippen molar-refractivity contribution >= 4 is 23.1 Å². The molecular formula is C21H20N2O2. The van der Waals surface area contributed by atoms with Crippen LogP contribution in [0, 0.1) is 0 Å². The Morgan fingerprint density at radius 2 is 1.76 bits per heavy atom. The number of amides is 1. The molecule has 0 spiro atoms. The van der Waals surface area contributed by atoms with Gasteiger partial charge in [0.25, 0.3) is 0 Å². The number of carbonyl (C=O) groups is 2. The Hall–Kier alpha value is -2.88. The average molecular weight is 332 g/mol. The van der Waals surface area contributed by atoms with Gasteiger partial charge in [0.15, 0.2) is 5.78 Å². The van der Waals surface area contributed by atoms with Crippen molar-refractivity contribution in [2.45, 2.75) is 32.2 Å². The van der Waals surface area contributed by atoms with Gasteiger partial charge in [-0.3, -0.25) is 14.5 Å². The molecule has 0 radical (unpaired) electrons. The van der Waals surface area contributed by atoms with Gasteiger partial charge >= 0.3 is 0 Å². The molecule has 1 aliphatic heterocycles. The second-order valence-corrected chi connectivity index (χ2v) is 6.51. The highest BCUT2D eigenvalue weighted by atomic mass is 16.2. The highest BCUT2D eigenvalue weighted by molar-refractivity contribution is 6.05. The van der Waals surface area contributed by atoms with Gasteiger partial charge in [-0.2, -0.15) is 0 Å². The van der Waals surface area contributed by atoms with Gasteiger partial charge in [-0.25, -0.2) is 0 Å². The summed E-state index contributed by atoms with van der Waals surface area (Å²) in [5.74, 6) is 0.0527. The Morgan fingerprint density at radius 3 is 2.52 bits per heavy atom. The number of nitrogens with zero attached hydrogens (tertiary/aromatic N) is 1. The quantitative estimate of drug-likeness (QED) is 0.851. The first-order valence-electron chi connectivity index (χ1n) is 8.64. The molecule has 2 aromatic rings. The van der Waals surface area contributed by atoms with Crippen LogP contribution in [0.2, 0.25) is 0 Å². The fourth-order valence-corrected chi connectivity index (χ4v) is 3.83. The lowest BCUT2D eigenvalue weighted by Gasteiger charge is -2.33. The minimum Gasteiger partial charge on any atom is -0.357 e. The number of allylic oxidation sites excluding steroid dienone is 1. The van der Waals surface area contributed by atoms with Gasteiger partial charge in [0.2, 0.25) is 5.91 Å². The molecule has 0 unspecified atom stereocenters. The molecule has 1 N–H and O–H groups in total. The third-order valence-electron chi connectivity index (χ3n) is 4.89.